The molecule has 2 N–H and O–H groups in total. The van der Waals surface area contributed by atoms with Crippen LogP contribution in [-0.2, 0) is 11.8 Å². The van der Waals surface area contributed by atoms with Gasteiger partial charge in [0.2, 0.25) is 5.95 Å². The molecular formula is C25H39N5. The van der Waals surface area contributed by atoms with Gasteiger partial charge in [-0.1, -0.05) is 45.0 Å². The van der Waals surface area contributed by atoms with E-state index in [9.17, 15) is 0 Å². The summed E-state index contributed by atoms with van der Waals surface area (Å²) >= 11 is 0. The molecule has 2 aromatic rings. The Balaban J connectivity index is 1.34. The van der Waals surface area contributed by atoms with Gasteiger partial charge in [-0.3, -0.25) is 0 Å². The van der Waals surface area contributed by atoms with Crippen LogP contribution in [0, 0.1) is 5.92 Å². The fourth-order valence-corrected chi connectivity index (χ4v) is 4.07. The maximum Gasteiger partial charge on any atom is 0.224 e. The second-order valence-corrected chi connectivity index (χ2v) is 9.90. The van der Waals surface area contributed by atoms with Gasteiger partial charge < -0.3 is 15.5 Å². The van der Waals surface area contributed by atoms with E-state index in [4.69, 9.17) is 0 Å². The molecule has 1 aromatic heterocycles. The van der Waals surface area contributed by atoms with Gasteiger partial charge in [0.1, 0.15) is 5.82 Å². The van der Waals surface area contributed by atoms with Gasteiger partial charge in [-0.2, -0.15) is 4.98 Å². The van der Waals surface area contributed by atoms with E-state index < -0.39 is 0 Å². The summed E-state index contributed by atoms with van der Waals surface area (Å²) in [4.78, 5) is 11.0. The van der Waals surface area contributed by atoms with Crippen molar-refractivity contribution in [1.82, 2.24) is 15.3 Å². The first-order valence-electron chi connectivity index (χ1n) is 11.4. The highest BCUT2D eigenvalue weighted by atomic mass is 15.2. The Morgan fingerprint density at radius 1 is 1.00 bits per heavy atom. The monoisotopic (exact) mass is 409 g/mol. The van der Waals surface area contributed by atoms with E-state index >= 15 is 0 Å². The summed E-state index contributed by atoms with van der Waals surface area (Å²) in [6, 6.07) is 11.6. The van der Waals surface area contributed by atoms with Crippen molar-refractivity contribution in [3.05, 3.63) is 47.7 Å². The van der Waals surface area contributed by atoms with Crippen LogP contribution in [0.5, 0.6) is 0 Å². The van der Waals surface area contributed by atoms with E-state index in [0.717, 1.165) is 37.2 Å². The number of nitrogens with zero attached hydrogens (tertiary/aromatic N) is 3. The normalized spacial score (nSPS) is 19.5. The summed E-state index contributed by atoms with van der Waals surface area (Å²) < 4.78 is 0. The summed E-state index contributed by atoms with van der Waals surface area (Å²) in [6.45, 7) is 8.97. The standard InChI is InChI=1S/C25H39N5/c1-25(2,3)21-10-6-19(7-11-21)14-16-26-18-20-8-12-22(13-9-20)28-24-27-17-15-23(29-24)30(4)5/h6-7,10-11,15,17,20,22,26H,8-9,12-14,16,18H2,1-5H3,(H,27,28,29)/t20-,22+. The first kappa shape index (κ1) is 22.5. The van der Waals surface area contributed by atoms with Crippen molar-refractivity contribution < 1.29 is 0 Å². The van der Waals surface area contributed by atoms with Gasteiger partial charge >= 0.3 is 0 Å². The lowest BCUT2D eigenvalue weighted by molar-refractivity contribution is 0.325. The van der Waals surface area contributed by atoms with E-state index in [1.165, 1.54) is 36.8 Å². The van der Waals surface area contributed by atoms with Crippen LogP contribution in [0.1, 0.15) is 57.6 Å². The molecule has 30 heavy (non-hydrogen) atoms. The molecule has 0 saturated heterocycles. The van der Waals surface area contributed by atoms with Gasteiger partial charge in [0.15, 0.2) is 0 Å². The third kappa shape index (κ3) is 6.69. The summed E-state index contributed by atoms with van der Waals surface area (Å²) in [7, 11) is 4.01. The van der Waals surface area contributed by atoms with Crippen molar-refractivity contribution in [2.45, 2.75) is 64.3 Å². The molecule has 5 heteroatoms. The average Bonchev–Trinajstić information content (AvgIpc) is 2.72. The van der Waals surface area contributed by atoms with Crippen LogP contribution in [0.4, 0.5) is 11.8 Å². The maximum atomic E-state index is 4.58. The molecule has 1 aliphatic carbocycles. The smallest absolute Gasteiger partial charge is 0.224 e. The molecule has 1 fully saturated rings. The quantitative estimate of drug-likeness (QED) is 0.622. The highest BCUT2D eigenvalue weighted by Crippen LogP contribution is 2.26. The summed E-state index contributed by atoms with van der Waals surface area (Å²) in [5.74, 6) is 2.47. The van der Waals surface area contributed by atoms with Crippen molar-refractivity contribution >= 4 is 11.8 Å². The van der Waals surface area contributed by atoms with E-state index in [0.29, 0.717) is 6.04 Å². The molecule has 1 aromatic carbocycles. The van der Waals surface area contributed by atoms with Crippen molar-refractivity contribution in [3.8, 4) is 0 Å². The summed E-state index contributed by atoms with van der Waals surface area (Å²) in [5.41, 5.74) is 3.05. The Hall–Kier alpha value is -2.14. The Labute approximate surface area is 182 Å². The van der Waals surface area contributed by atoms with Crippen molar-refractivity contribution in [2.75, 3.05) is 37.4 Å². The fraction of sp³-hybridized carbons (Fsp3) is 0.600. The molecule has 164 valence electrons. The second-order valence-electron chi connectivity index (χ2n) is 9.90. The zero-order valence-electron chi connectivity index (χ0n) is 19.4. The fourth-order valence-electron chi connectivity index (χ4n) is 4.07. The predicted octanol–water partition coefficient (Wildman–Crippen LogP) is 4.64. The molecule has 0 aliphatic heterocycles. The number of hydrogen-bond acceptors (Lipinski definition) is 5. The minimum Gasteiger partial charge on any atom is -0.363 e. The van der Waals surface area contributed by atoms with Gasteiger partial charge in [0.05, 0.1) is 0 Å². The lowest BCUT2D eigenvalue weighted by Gasteiger charge is -2.29. The topological polar surface area (TPSA) is 53.1 Å². The van der Waals surface area contributed by atoms with E-state index in [1.54, 1.807) is 0 Å². The predicted molar refractivity (Wildman–Crippen MR) is 127 cm³/mol. The molecule has 0 unspecified atom stereocenters. The number of nitrogens with one attached hydrogen (secondary N) is 2. The highest BCUT2D eigenvalue weighted by molar-refractivity contribution is 5.41. The van der Waals surface area contributed by atoms with Crippen LogP contribution in [0.3, 0.4) is 0 Å². The molecule has 0 atom stereocenters. The van der Waals surface area contributed by atoms with Gasteiger partial charge in [0, 0.05) is 26.3 Å². The second kappa shape index (κ2) is 10.3. The van der Waals surface area contributed by atoms with Crippen LogP contribution in [0.2, 0.25) is 0 Å². The zero-order valence-corrected chi connectivity index (χ0v) is 19.4. The van der Waals surface area contributed by atoms with Crippen LogP contribution in [-0.4, -0.2) is 43.2 Å². The summed E-state index contributed by atoms with van der Waals surface area (Å²) in [6.07, 6.45) is 7.83. The molecule has 0 spiro atoms. The van der Waals surface area contributed by atoms with Crippen LogP contribution >= 0.6 is 0 Å². The number of aromatic nitrogens is 2. The SMILES string of the molecule is CN(C)c1ccnc(N[C@H]2CC[C@@H](CNCCc3ccc(C(C)(C)C)cc3)CC2)n1. The van der Waals surface area contributed by atoms with E-state index in [1.807, 2.05) is 31.3 Å². The first-order valence-corrected chi connectivity index (χ1v) is 11.4. The number of anilines is 2. The molecule has 1 heterocycles. The van der Waals surface area contributed by atoms with Gasteiger partial charge in [0.25, 0.3) is 0 Å². The Morgan fingerprint density at radius 2 is 1.70 bits per heavy atom. The lowest BCUT2D eigenvalue weighted by atomic mass is 9.86. The van der Waals surface area contributed by atoms with Crippen LogP contribution in [0.15, 0.2) is 36.5 Å². The van der Waals surface area contributed by atoms with Gasteiger partial charge in [-0.15, -0.1) is 0 Å². The molecule has 0 amide bonds. The molecule has 3 rings (SSSR count). The molecule has 1 aliphatic rings. The van der Waals surface area contributed by atoms with Crippen molar-refractivity contribution in [2.24, 2.45) is 5.92 Å². The molecule has 0 bridgehead atoms. The molecule has 0 radical (unpaired) electrons. The molecular weight excluding hydrogens is 370 g/mol. The Kier molecular flexibility index (Phi) is 7.70. The third-order valence-electron chi connectivity index (χ3n) is 6.12. The minimum atomic E-state index is 0.228. The maximum absolute atomic E-state index is 4.58. The van der Waals surface area contributed by atoms with Crippen LogP contribution < -0.4 is 15.5 Å². The summed E-state index contributed by atoms with van der Waals surface area (Å²) in [5, 5.41) is 7.21. The minimum absolute atomic E-state index is 0.228. The lowest BCUT2D eigenvalue weighted by Crippen LogP contribution is -2.32. The Bertz CT molecular complexity index is 771. The number of hydrogen-bond donors (Lipinski definition) is 2. The largest absolute Gasteiger partial charge is 0.363 e. The molecule has 1 saturated carbocycles. The zero-order chi connectivity index (χ0) is 21.6. The highest BCUT2D eigenvalue weighted by Gasteiger charge is 2.21. The van der Waals surface area contributed by atoms with Crippen molar-refractivity contribution in [1.29, 1.82) is 0 Å². The van der Waals surface area contributed by atoms with E-state index in [2.05, 4.69) is 65.6 Å². The van der Waals surface area contributed by atoms with Gasteiger partial charge in [-0.05, 0) is 73.7 Å². The number of rotatable bonds is 8. The van der Waals surface area contributed by atoms with Crippen LogP contribution in [0.25, 0.3) is 0 Å². The van der Waals surface area contributed by atoms with Gasteiger partial charge in [-0.25, -0.2) is 4.98 Å². The van der Waals surface area contributed by atoms with E-state index in [-0.39, 0.29) is 5.41 Å². The molecule has 5 nitrogen and oxygen atoms in total. The Morgan fingerprint density at radius 3 is 2.33 bits per heavy atom. The van der Waals surface area contributed by atoms with Crippen molar-refractivity contribution in [3.63, 3.8) is 0 Å². The number of benzene rings is 1. The average molecular weight is 410 g/mol. The first-order chi connectivity index (χ1) is 14.3. The third-order valence-corrected chi connectivity index (χ3v) is 6.12.